The molecule has 0 bridgehead atoms. The van der Waals surface area contributed by atoms with Crippen LogP contribution in [0.5, 0.6) is 0 Å². The zero-order chi connectivity index (χ0) is 22.5. The summed E-state index contributed by atoms with van der Waals surface area (Å²) in [5.41, 5.74) is 2.40. The van der Waals surface area contributed by atoms with Gasteiger partial charge in [-0.3, -0.25) is 19.2 Å². The molecule has 0 radical (unpaired) electrons. The Morgan fingerprint density at radius 2 is 1.13 bits per heavy atom. The van der Waals surface area contributed by atoms with Gasteiger partial charge in [0, 0.05) is 32.4 Å². The van der Waals surface area contributed by atoms with Gasteiger partial charge in [0.25, 0.3) is 0 Å². The third-order valence-corrected chi connectivity index (χ3v) is 5.86. The van der Waals surface area contributed by atoms with Gasteiger partial charge in [0.15, 0.2) is 0 Å². The molecule has 166 valence electrons. The summed E-state index contributed by atoms with van der Waals surface area (Å²) in [6.07, 6.45) is 4.67. The summed E-state index contributed by atoms with van der Waals surface area (Å²) < 4.78 is 0. The van der Waals surface area contributed by atoms with Crippen LogP contribution in [0.4, 0.5) is 0 Å². The largest absolute Gasteiger partial charge is 0.299 e. The number of rotatable bonds is 3. The highest BCUT2D eigenvalue weighted by atomic mass is 79.9. The van der Waals surface area contributed by atoms with E-state index in [9.17, 15) is 19.2 Å². The van der Waals surface area contributed by atoms with Crippen molar-refractivity contribution in [1.82, 2.24) is 0 Å². The lowest BCUT2D eigenvalue weighted by Gasteiger charge is -2.19. The minimum absolute atomic E-state index is 0. The molecule has 2 aromatic rings. The van der Waals surface area contributed by atoms with Crippen molar-refractivity contribution in [2.75, 3.05) is 0 Å². The fraction of sp³-hybridized carbons (Fsp3) is 0.385. The summed E-state index contributed by atoms with van der Waals surface area (Å²) in [5, 5.41) is 0.952. The van der Waals surface area contributed by atoms with E-state index < -0.39 is 0 Å². The van der Waals surface area contributed by atoms with Gasteiger partial charge >= 0.3 is 0 Å². The van der Waals surface area contributed by atoms with Gasteiger partial charge in [-0.1, -0.05) is 76.6 Å². The van der Waals surface area contributed by atoms with Crippen molar-refractivity contribution in [1.29, 1.82) is 0 Å². The molecule has 0 heterocycles. The van der Waals surface area contributed by atoms with Crippen LogP contribution in [0, 0.1) is 5.92 Å². The first-order valence-electron chi connectivity index (χ1n) is 10.7. The van der Waals surface area contributed by atoms with E-state index in [1.54, 1.807) is 0 Å². The summed E-state index contributed by atoms with van der Waals surface area (Å²) in [5.74, 6) is 0.0915. The molecule has 0 atom stereocenters. The molecule has 4 rings (SSSR count). The Labute approximate surface area is 194 Å². The van der Waals surface area contributed by atoms with Crippen LogP contribution in [0.25, 0.3) is 0 Å². The Hall–Kier alpha value is -2.40. The second kappa shape index (κ2) is 13.8. The molecular weight excluding hydrogens is 456 g/mol. The highest BCUT2D eigenvalue weighted by Gasteiger charge is 2.29. The number of Topliss-reactive ketones (excluding diaryl/α,β-unsaturated/α-hetero) is 4. The van der Waals surface area contributed by atoms with Crippen molar-refractivity contribution in [3.63, 3.8) is 0 Å². The predicted octanol–water partition coefficient (Wildman–Crippen LogP) is 5.69. The number of hydrogen-bond donors (Lipinski definition) is 0. The van der Waals surface area contributed by atoms with E-state index in [1.165, 1.54) is 5.56 Å². The molecule has 0 unspecified atom stereocenters. The summed E-state index contributed by atoms with van der Waals surface area (Å²) in [7, 11) is 0. The van der Waals surface area contributed by atoms with Crippen molar-refractivity contribution in [2.45, 2.75) is 56.7 Å². The Kier molecular flexibility index (Phi) is 11.1. The first-order chi connectivity index (χ1) is 15.0. The van der Waals surface area contributed by atoms with Gasteiger partial charge in [0.1, 0.15) is 23.1 Å². The first kappa shape index (κ1) is 24.9. The third-order valence-electron chi connectivity index (χ3n) is 5.21. The molecule has 0 aromatic heterocycles. The van der Waals surface area contributed by atoms with Gasteiger partial charge in [-0.2, -0.15) is 0 Å². The number of carbonyl (C=O) groups excluding carboxylic acids is 4. The highest BCUT2D eigenvalue weighted by Crippen LogP contribution is 2.21. The van der Waals surface area contributed by atoms with Crippen LogP contribution in [0.15, 0.2) is 60.7 Å². The smallest absolute Gasteiger partial charge is 0.143 e. The maximum absolute atomic E-state index is 11.6. The summed E-state index contributed by atoms with van der Waals surface area (Å²) in [6, 6.07) is 20.0. The molecule has 2 aliphatic carbocycles. The third kappa shape index (κ3) is 9.52. The molecule has 2 aliphatic rings. The van der Waals surface area contributed by atoms with Crippen molar-refractivity contribution in [2.24, 2.45) is 5.92 Å². The van der Waals surface area contributed by atoms with Gasteiger partial charge in [-0.15, -0.1) is 0 Å². The molecule has 0 saturated heterocycles. The average Bonchev–Trinajstić information content (AvgIpc) is 2.78. The van der Waals surface area contributed by atoms with Crippen LogP contribution in [0.3, 0.4) is 0 Å². The Morgan fingerprint density at radius 3 is 1.52 bits per heavy atom. The molecular formula is C26H31BrO4. The zero-order valence-corrected chi connectivity index (χ0v) is 19.3. The Bertz CT molecular complexity index is 838. The fourth-order valence-corrected chi connectivity index (χ4v) is 3.86. The predicted molar refractivity (Wildman–Crippen MR) is 127 cm³/mol. The second-order valence-electron chi connectivity index (χ2n) is 7.76. The van der Waals surface area contributed by atoms with Crippen molar-refractivity contribution in [3.05, 3.63) is 71.8 Å². The average molecular weight is 488 g/mol. The fourth-order valence-electron chi connectivity index (χ4n) is 3.49. The van der Waals surface area contributed by atoms with Gasteiger partial charge in [-0.25, -0.2) is 0 Å². The maximum atomic E-state index is 11.6. The molecule has 2 fully saturated rings. The standard InChI is InChI=1S/C13H14O2.C7H7Br.C6H8O2.H2/c14-12-7-4-8-13(15)11(12)9-10-5-2-1-3-6-10;8-6-7-4-2-1-3-5-7;7-5-2-1-3-6(8)4-5;/h1-3,5-6,11H,4,7-9H2;1-5H,6H2;1-4H2;1H/i;;;1+1. The van der Waals surface area contributed by atoms with Gasteiger partial charge in [0.05, 0.1) is 12.3 Å². The van der Waals surface area contributed by atoms with E-state index >= 15 is 0 Å². The maximum Gasteiger partial charge on any atom is 0.143 e. The quantitative estimate of drug-likeness (QED) is 0.411. The lowest BCUT2D eigenvalue weighted by molar-refractivity contribution is -0.135. The van der Waals surface area contributed by atoms with E-state index in [-0.39, 0.29) is 36.9 Å². The summed E-state index contributed by atoms with van der Waals surface area (Å²) in [4.78, 5) is 44.1. The molecule has 2 aromatic carbocycles. The second-order valence-corrected chi connectivity index (χ2v) is 8.32. The molecule has 0 aliphatic heterocycles. The van der Waals surface area contributed by atoms with E-state index in [0.29, 0.717) is 32.1 Å². The first-order valence-corrected chi connectivity index (χ1v) is 11.8. The number of hydrogen-bond acceptors (Lipinski definition) is 4. The van der Waals surface area contributed by atoms with Crippen LogP contribution in [-0.4, -0.2) is 23.1 Å². The molecule has 0 amide bonds. The van der Waals surface area contributed by atoms with E-state index in [0.717, 1.165) is 23.7 Å². The van der Waals surface area contributed by atoms with Crippen LogP contribution in [0.1, 0.15) is 57.5 Å². The topological polar surface area (TPSA) is 68.3 Å². The number of carbonyl (C=O) groups is 4. The monoisotopic (exact) mass is 487 g/mol. The molecule has 4 nitrogen and oxygen atoms in total. The molecule has 31 heavy (non-hydrogen) atoms. The van der Waals surface area contributed by atoms with Crippen molar-refractivity contribution in [3.8, 4) is 0 Å². The minimum atomic E-state index is -0.374. The minimum Gasteiger partial charge on any atom is -0.299 e. The van der Waals surface area contributed by atoms with E-state index in [2.05, 4.69) is 28.1 Å². The zero-order valence-electron chi connectivity index (χ0n) is 17.7. The number of benzene rings is 2. The highest BCUT2D eigenvalue weighted by molar-refractivity contribution is 9.08. The Morgan fingerprint density at radius 1 is 0.677 bits per heavy atom. The number of ketones is 4. The summed E-state index contributed by atoms with van der Waals surface area (Å²) in [6.45, 7) is 0. The summed E-state index contributed by atoms with van der Waals surface area (Å²) >= 11 is 3.36. The normalized spacial score (nSPS) is 16.7. The lowest BCUT2D eigenvalue weighted by Crippen LogP contribution is -2.30. The number of alkyl halides is 1. The van der Waals surface area contributed by atoms with Crippen LogP contribution < -0.4 is 0 Å². The molecule has 0 N–H and O–H groups in total. The molecule has 2 saturated carbocycles. The van der Waals surface area contributed by atoms with Crippen LogP contribution in [0.2, 0.25) is 0 Å². The van der Waals surface area contributed by atoms with Crippen LogP contribution in [-0.2, 0) is 30.9 Å². The SMILES string of the molecule is BrCc1ccccc1.O=C1CCCC(=O)C1.O=C1CCCC(=O)C1Cc1ccccc1.[2HH]. The van der Waals surface area contributed by atoms with Gasteiger partial charge in [-0.05, 0) is 30.4 Å². The number of halogens is 1. The van der Waals surface area contributed by atoms with Gasteiger partial charge in [0.2, 0.25) is 0 Å². The van der Waals surface area contributed by atoms with Crippen LogP contribution >= 0.6 is 15.9 Å². The van der Waals surface area contributed by atoms with Crippen molar-refractivity contribution >= 4 is 39.1 Å². The molecule has 5 heteroatoms. The van der Waals surface area contributed by atoms with E-state index in [4.69, 9.17) is 0 Å². The lowest BCUT2D eigenvalue weighted by atomic mass is 9.83. The molecule has 0 spiro atoms. The van der Waals surface area contributed by atoms with Crippen molar-refractivity contribution < 1.29 is 20.6 Å². The van der Waals surface area contributed by atoms with Gasteiger partial charge < -0.3 is 0 Å². The van der Waals surface area contributed by atoms with E-state index in [1.807, 2.05) is 48.5 Å². The Balaban J connectivity index is 0.000000257.